The number of nitrogens with two attached hydrogens (primary N) is 1. The molecule has 0 aliphatic rings. The zero-order valence-electron chi connectivity index (χ0n) is 9.27. The van der Waals surface area contributed by atoms with Crippen LogP contribution < -0.4 is 10.5 Å². The zero-order chi connectivity index (χ0) is 12.3. The summed E-state index contributed by atoms with van der Waals surface area (Å²) >= 11 is 0. The summed E-state index contributed by atoms with van der Waals surface area (Å²) in [5.74, 6) is 0. The van der Waals surface area contributed by atoms with E-state index in [2.05, 4.69) is 4.72 Å². The molecule has 16 heavy (non-hydrogen) atoms. The smallest absolute Gasteiger partial charge is 0.241 e. The van der Waals surface area contributed by atoms with Crippen LogP contribution in [-0.4, -0.2) is 26.2 Å². The Labute approximate surface area is 95.3 Å². The molecule has 1 unspecified atom stereocenters. The zero-order valence-corrected chi connectivity index (χ0v) is 10.1. The summed E-state index contributed by atoms with van der Waals surface area (Å²) < 4.78 is 26.2. The van der Waals surface area contributed by atoms with Gasteiger partial charge in [0.25, 0.3) is 0 Å². The highest BCUT2D eigenvalue weighted by Gasteiger charge is 2.19. The van der Waals surface area contributed by atoms with Crippen molar-refractivity contribution in [2.45, 2.75) is 24.8 Å². The minimum Gasteiger partial charge on any atom is -0.399 e. The van der Waals surface area contributed by atoms with Gasteiger partial charge in [0.05, 0.1) is 11.5 Å². The van der Waals surface area contributed by atoms with Crippen molar-refractivity contribution in [3.05, 3.63) is 23.8 Å². The van der Waals surface area contributed by atoms with Crippen molar-refractivity contribution in [2.24, 2.45) is 0 Å². The van der Waals surface area contributed by atoms with Crippen LogP contribution >= 0.6 is 0 Å². The molecule has 0 fully saturated rings. The van der Waals surface area contributed by atoms with Crippen LogP contribution in [0.4, 0.5) is 5.69 Å². The van der Waals surface area contributed by atoms with Gasteiger partial charge in [-0.15, -0.1) is 0 Å². The highest BCUT2D eigenvalue weighted by Crippen LogP contribution is 2.18. The molecule has 0 saturated carbocycles. The van der Waals surface area contributed by atoms with Crippen molar-refractivity contribution < 1.29 is 13.5 Å². The van der Waals surface area contributed by atoms with E-state index in [9.17, 15) is 8.42 Å². The minimum absolute atomic E-state index is 0.146. The van der Waals surface area contributed by atoms with Gasteiger partial charge in [-0.3, -0.25) is 0 Å². The van der Waals surface area contributed by atoms with Gasteiger partial charge in [0, 0.05) is 11.7 Å². The predicted molar refractivity (Wildman–Crippen MR) is 62.5 cm³/mol. The highest BCUT2D eigenvalue weighted by atomic mass is 32.2. The average Bonchev–Trinajstić information content (AvgIpc) is 2.20. The Morgan fingerprint density at radius 3 is 2.69 bits per heavy atom. The van der Waals surface area contributed by atoms with Crippen molar-refractivity contribution >= 4 is 15.7 Å². The lowest BCUT2D eigenvalue weighted by atomic mass is 10.2. The van der Waals surface area contributed by atoms with Crippen molar-refractivity contribution in [1.29, 1.82) is 0 Å². The predicted octanol–water partition coefficient (Wildman–Crippen LogP) is 0.236. The maximum atomic E-state index is 11.9. The van der Waals surface area contributed by atoms with Crippen LogP contribution in [0.5, 0.6) is 0 Å². The summed E-state index contributed by atoms with van der Waals surface area (Å²) in [5, 5.41) is 8.82. The van der Waals surface area contributed by atoms with Crippen LogP contribution in [0, 0.1) is 6.92 Å². The number of rotatable bonds is 4. The van der Waals surface area contributed by atoms with E-state index < -0.39 is 16.1 Å². The largest absolute Gasteiger partial charge is 0.399 e. The lowest BCUT2D eigenvalue weighted by molar-refractivity contribution is 0.265. The normalized spacial score (nSPS) is 13.7. The monoisotopic (exact) mass is 244 g/mol. The summed E-state index contributed by atoms with van der Waals surface area (Å²) in [4.78, 5) is 0.146. The molecule has 6 heteroatoms. The van der Waals surface area contributed by atoms with Gasteiger partial charge < -0.3 is 10.8 Å². The second kappa shape index (κ2) is 4.82. The summed E-state index contributed by atoms with van der Waals surface area (Å²) in [7, 11) is -3.61. The van der Waals surface area contributed by atoms with Crippen LogP contribution in [0.25, 0.3) is 0 Å². The van der Waals surface area contributed by atoms with Crippen LogP contribution in [-0.2, 0) is 10.0 Å². The Kier molecular flexibility index (Phi) is 3.90. The molecule has 90 valence electrons. The van der Waals surface area contributed by atoms with E-state index in [1.54, 1.807) is 26.0 Å². The highest BCUT2D eigenvalue weighted by molar-refractivity contribution is 7.89. The topological polar surface area (TPSA) is 92.4 Å². The van der Waals surface area contributed by atoms with Gasteiger partial charge in [-0.2, -0.15) is 0 Å². The van der Waals surface area contributed by atoms with E-state index in [0.717, 1.165) is 0 Å². The van der Waals surface area contributed by atoms with E-state index in [4.69, 9.17) is 10.8 Å². The Bertz CT molecular complexity index is 471. The fourth-order valence-corrected chi connectivity index (χ4v) is 2.79. The molecule has 0 aliphatic heterocycles. The van der Waals surface area contributed by atoms with Gasteiger partial charge in [0.1, 0.15) is 0 Å². The third kappa shape index (κ3) is 2.94. The van der Waals surface area contributed by atoms with Crippen LogP contribution in [0.2, 0.25) is 0 Å². The van der Waals surface area contributed by atoms with Gasteiger partial charge in [0.15, 0.2) is 0 Å². The summed E-state index contributed by atoms with van der Waals surface area (Å²) in [6.07, 6.45) is 0. The number of nitrogens with one attached hydrogen (secondary N) is 1. The van der Waals surface area contributed by atoms with E-state index in [-0.39, 0.29) is 11.5 Å². The summed E-state index contributed by atoms with van der Waals surface area (Å²) in [5.41, 5.74) is 6.55. The molecule has 0 spiro atoms. The minimum atomic E-state index is -3.61. The van der Waals surface area contributed by atoms with E-state index in [1.165, 1.54) is 6.07 Å². The number of aliphatic hydroxyl groups excluding tert-OH is 1. The number of benzene rings is 1. The molecule has 1 aromatic rings. The SMILES string of the molecule is Cc1ccc(N)cc1S(=O)(=O)NC(C)CO. The van der Waals surface area contributed by atoms with Crippen molar-refractivity contribution in [2.75, 3.05) is 12.3 Å². The lowest BCUT2D eigenvalue weighted by Crippen LogP contribution is -2.35. The molecule has 1 rings (SSSR count). The molecular weight excluding hydrogens is 228 g/mol. The lowest BCUT2D eigenvalue weighted by Gasteiger charge is -2.13. The Balaban J connectivity index is 3.12. The molecule has 0 bridgehead atoms. The number of aliphatic hydroxyl groups is 1. The number of aryl methyl sites for hydroxylation is 1. The molecule has 0 amide bonds. The molecular formula is C10H16N2O3S. The third-order valence-corrected chi connectivity index (χ3v) is 3.86. The second-order valence-electron chi connectivity index (χ2n) is 3.73. The number of nitrogen functional groups attached to an aromatic ring is 1. The van der Waals surface area contributed by atoms with Gasteiger partial charge >= 0.3 is 0 Å². The molecule has 0 saturated heterocycles. The Hall–Kier alpha value is -1.11. The van der Waals surface area contributed by atoms with Gasteiger partial charge in [-0.25, -0.2) is 13.1 Å². The standard InChI is InChI=1S/C10H16N2O3S/c1-7-3-4-9(11)5-10(7)16(14,15)12-8(2)6-13/h3-5,8,12-13H,6,11H2,1-2H3. The van der Waals surface area contributed by atoms with Crippen molar-refractivity contribution in [1.82, 2.24) is 4.72 Å². The Morgan fingerprint density at radius 1 is 1.50 bits per heavy atom. The molecule has 1 atom stereocenters. The first-order valence-electron chi connectivity index (χ1n) is 4.86. The number of anilines is 1. The van der Waals surface area contributed by atoms with Crippen molar-refractivity contribution in [3.8, 4) is 0 Å². The van der Waals surface area contributed by atoms with Gasteiger partial charge in [0.2, 0.25) is 10.0 Å². The molecule has 0 aliphatic carbocycles. The molecule has 0 radical (unpaired) electrons. The third-order valence-electron chi connectivity index (χ3n) is 2.13. The van der Waals surface area contributed by atoms with Crippen molar-refractivity contribution in [3.63, 3.8) is 0 Å². The summed E-state index contributed by atoms with van der Waals surface area (Å²) in [6, 6.07) is 4.17. The van der Waals surface area contributed by atoms with Gasteiger partial charge in [-0.05, 0) is 31.5 Å². The Morgan fingerprint density at radius 2 is 2.12 bits per heavy atom. The molecule has 4 N–H and O–H groups in total. The van der Waals surface area contributed by atoms with Gasteiger partial charge in [-0.1, -0.05) is 6.07 Å². The maximum absolute atomic E-state index is 11.9. The molecule has 1 aromatic carbocycles. The first-order valence-corrected chi connectivity index (χ1v) is 6.34. The summed E-state index contributed by atoms with van der Waals surface area (Å²) in [6.45, 7) is 3.03. The molecule has 0 aromatic heterocycles. The van der Waals surface area contributed by atoms with E-state index in [0.29, 0.717) is 11.3 Å². The molecule has 5 nitrogen and oxygen atoms in total. The van der Waals surface area contributed by atoms with Crippen LogP contribution in [0.15, 0.2) is 23.1 Å². The first-order chi connectivity index (χ1) is 7.36. The van der Waals surface area contributed by atoms with Crippen LogP contribution in [0.3, 0.4) is 0 Å². The van der Waals surface area contributed by atoms with E-state index in [1.807, 2.05) is 0 Å². The van der Waals surface area contributed by atoms with E-state index >= 15 is 0 Å². The second-order valence-corrected chi connectivity index (χ2v) is 5.41. The number of sulfonamides is 1. The van der Waals surface area contributed by atoms with Crippen LogP contribution in [0.1, 0.15) is 12.5 Å². The molecule has 0 heterocycles. The first kappa shape index (κ1) is 13.0. The fraction of sp³-hybridized carbons (Fsp3) is 0.400. The average molecular weight is 244 g/mol. The number of hydrogen-bond donors (Lipinski definition) is 3. The maximum Gasteiger partial charge on any atom is 0.241 e. The quantitative estimate of drug-likeness (QED) is 0.661. The number of hydrogen-bond acceptors (Lipinski definition) is 4. The fourth-order valence-electron chi connectivity index (χ4n) is 1.27.